The summed E-state index contributed by atoms with van der Waals surface area (Å²) in [5.74, 6) is -0.174. The van der Waals surface area contributed by atoms with Gasteiger partial charge in [-0.15, -0.1) is 0 Å². The summed E-state index contributed by atoms with van der Waals surface area (Å²) in [4.78, 5) is 11.0. The molecule has 1 aromatic rings. The van der Waals surface area contributed by atoms with Crippen LogP contribution in [-0.4, -0.2) is 36.0 Å². The molecule has 0 amide bonds. The van der Waals surface area contributed by atoms with Gasteiger partial charge in [0, 0.05) is 6.61 Å². The molecule has 0 spiro atoms. The van der Waals surface area contributed by atoms with Crippen molar-refractivity contribution in [2.24, 2.45) is 0 Å². The molecule has 0 saturated carbocycles. The van der Waals surface area contributed by atoms with Gasteiger partial charge in [0.25, 0.3) is 0 Å². The summed E-state index contributed by atoms with van der Waals surface area (Å²) in [5.41, 5.74) is 0. The van der Waals surface area contributed by atoms with E-state index < -0.39 is 12.1 Å². The first kappa shape index (κ1) is 13.3. The van der Waals surface area contributed by atoms with E-state index >= 15 is 0 Å². The van der Waals surface area contributed by atoms with Gasteiger partial charge in [-0.2, -0.15) is 0 Å². The van der Waals surface area contributed by atoms with E-state index in [1.165, 1.54) is 7.11 Å². The number of rotatable bonds is 7. The average molecular weight is 240 g/mol. The van der Waals surface area contributed by atoms with Crippen LogP contribution < -0.4 is 9.47 Å². The van der Waals surface area contributed by atoms with Crippen molar-refractivity contribution in [3.8, 4) is 11.5 Å². The number of carbonyl (C=O) groups is 1. The van der Waals surface area contributed by atoms with Crippen LogP contribution in [0.5, 0.6) is 11.5 Å². The van der Waals surface area contributed by atoms with Crippen LogP contribution in [0.1, 0.15) is 12.8 Å². The molecule has 0 fully saturated rings. The Kier molecular flexibility index (Phi) is 5.29. The second-order valence-electron chi connectivity index (χ2n) is 3.46. The minimum Gasteiger partial charge on any atom is -0.493 e. The third-order valence-electron chi connectivity index (χ3n) is 2.24. The highest BCUT2D eigenvalue weighted by Gasteiger charge is 2.20. The van der Waals surface area contributed by atoms with Gasteiger partial charge in [-0.05, 0) is 25.0 Å². The molecule has 0 bridgehead atoms. The highest BCUT2D eigenvalue weighted by molar-refractivity contribution is 5.72. The molecule has 1 rings (SSSR count). The highest BCUT2D eigenvalue weighted by atomic mass is 16.5. The van der Waals surface area contributed by atoms with Crippen LogP contribution in [0.15, 0.2) is 24.3 Å². The maximum atomic E-state index is 11.0. The number of hydrogen-bond donors (Lipinski definition) is 2. The van der Waals surface area contributed by atoms with Crippen LogP contribution in [0.4, 0.5) is 0 Å². The van der Waals surface area contributed by atoms with Crippen molar-refractivity contribution < 1.29 is 24.5 Å². The minimum atomic E-state index is -1.05. The van der Waals surface area contributed by atoms with E-state index in [-0.39, 0.29) is 13.0 Å². The van der Waals surface area contributed by atoms with E-state index in [0.717, 1.165) is 0 Å². The van der Waals surface area contributed by atoms with Gasteiger partial charge < -0.3 is 19.7 Å². The van der Waals surface area contributed by atoms with Crippen LogP contribution in [0, 0.1) is 0 Å². The van der Waals surface area contributed by atoms with Crippen LogP contribution in [0.25, 0.3) is 0 Å². The van der Waals surface area contributed by atoms with Gasteiger partial charge in [0.1, 0.15) is 0 Å². The number of carboxylic acids is 1. The minimum absolute atomic E-state index is 0.0565. The fourth-order valence-electron chi connectivity index (χ4n) is 1.38. The van der Waals surface area contributed by atoms with E-state index in [0.29, 0.717) is 17.9 Å². The maximum absolute atomic E-state index is 11.0. The normalized spacial score (nSPS) is 11.9. The second kappa shape index (κ2) is 6.75. The molecule has 0 radical (unpaired) electrons. The first-order valence-electron chi connectivity index (χ1n) is 5.32. The number of carboxylic acid groups (broad SMARTS) is 1. The molecule has 2 N–H and O–H groups in total. The second-order valence-corrected chi connectivity index (χ2v) is 3.46. The van der Waals surface area contributed by atoms with Crippen molar-refractivity contribution in [2.45, 2.75) is 18.9 Å². The topological polar surface area (TPSA) is 76.0 Å². The molecule has 1 unspecified atom stereocenters. The Morgan fingerprint density at radius 2 is 2.00 bits per heavy atom. The molecule has 0 aliphatic heterocycles. The van der Waals surface area contributed by atoms with Crippen LogP contribution >= 0.6 is 0 Å². The van der Waals surface area contributed by atoms with Crippen molar-refractivity contribution in [1.82, 2.24) is 0 Å². The summed E-state index contributed by atoms with van der Waals surface area (Å²) in [6, 6.07) is 6.85. The van der Waals surface area contributed by atoms with Crippen molar-refractivity contribution in [3.05, 3.63) is 24.3 Å². The van der Waals surface area contributed by atoms with E-state index in [1.807, 2.05) is 0 Å². The summed E-state index contributed by atoms with van der Waals surface area (Å²) < 4.78 is 10.4. The van der Waals surface area contributed by atoms with Crippen molar-refractivity contribution in [1.29, 1.82) is 0 Å². The molecule has 5 heteroatoms. The number of benzene rings is 1. The Hall–Kier alpha value is -1.75. The lowest BCUT2D eigenvalue weighted by Crippen LogP contribution is -2.27. The number of para-hydroxylation sites is 2. The van der Waals surface area contributed by atoms with E-state index in [2.05, 4.69) is 0 Å². The largest absolute Gasteiger partial charge is 0.493 e. The number of hydrogen-bond acceptors (Lipinski definition) is 4. The van der Waals surface area contributed by atoms with Crippen molar-refractivity contribution in [2.75, 3.05) is 13.7 Å². The lowest BCUT2D eigenvalue weighted by molar-refractivity contribution is -0.145. The van der Waals surface area contributed by atoms with Crippen molar-refractivity contribution >= 4 is 5.97 Å². The van der Waals surface area contributed by atoms with E-state index in [4.69, 9.17) is 19.7 Å². The van der Waals surface area contributed by atoms with E-state index in [1.54, 1.807) is 24.3 Å². The number of aliphatic hydroxyl groups is 1. The summed E-state index contributed by atoms with van der Waals surface area (Å²) >= 11 is 0. The number of methoxy groups -OCH3 is 1. The standard InChI is InChI=1S/C12H16O5/c1-16-9-5-2-3-6-10(9)17-11(12(14)15)7-4-8-13/h2-3,5-6,11,13H,4,7-8H2,1H3,(H,14,15). The van der Waals surface area contributed by atoms with Crippen LogP contribution in [0.2, 0.25) is 0 Å². The number of ether oxygens (including phenoxy) is 2. The molecule has 0 heterocycles. The maximum Gasteiger partial charge on any atom is 0.344 e. The first-order chi connectivity index (χ1) is 8.19. The molecule has 0 saturated heterocycles. The molecule has 0 aliphatic carbocycles. The molecule has 1 aromatic carbocycles. The van der Waals surface area contributed by atoms with Crippen LogP contribution in [0.3, 0.4) is 0 Å². The Balaban J connectivity index is 2.74. The molecular formula is C12H16O5. The zero-order valence-electron chi connectivity index (χ0n) is 9.63. The first-order valence-corrected chi connectivity index (χ1v) is 5.32. The monoisotopic (exact) mass is 240 g/mol. The smallest absolute Gasteiger partial charge is 0.344 e. The molecule has 5 nitrogen and oxygen atoms in total. The molecule has 0 aromatic heterocycles. The Morgan fingerprint density at radius 3 is 2.53 bits per heavy atom. The van der Waals surface area contributed by atoms with Crippen molar-refractivity contribution in [3.63, 3.8) is 0 Å². The van der Waals surface area contributed by atoms with Gasteiger partial charge in [-0.3, -0.25) is 0 Å². The highest BCUT2D eigenvalue weighted by Crippen LogP contribution is 2.27. The zero-order chi connectivity index (χ0) is 12.7. The Labute approximate surface area is 99.6 Å². The fraction of sp³-hybridized carbons (Fsp3) is 0.417. The summed E-state index contributed by atoms with van der Waals surface area (Å²) in [7, 11) is 1.49. The summed E-state index contributed by atoms with van der Waals surface area (Å²) in [6.07, 6.45) is -0.339. The number of aliphatic hydroxyl groups excluding tert-OH is 1. The van der Waals surface area contributed by atoms with Gasteiger partial charge in [0.05, 0.1) is 7.11 Å². The molecule has 1 atom stereocenters. The fourth-order valence-corrected chi connectivity index (χ4v) is 1.38. The lowest BCUT2D eigenvalue weighted by atomic mass is 10.2. The Morgan fingerprint density at radius 1 is 1.35 bits per heavy atom. The molecular weight excluding hydrogens is 224 g/mol. The summed E-state index contributed by atoms with van der Waals surface area (Å²) in [5, 5.41) is 17.7. The molecule has 0 aliphatic rings. The van der Waals surface area contributed by atoms with Crippen LogP contribution in [-0.2, 0) is 4.79 Å². The lowest BCUT2D eigenvalue weighted by Gasteiger charge is -2.16. The Bertz CT molecular complexity index is 364. The predicted octanol–water partition coefficient (Wildman–Crippen LogP) is 1.30. The molecule has 17 heavy (non-hydrogen) atoms. The SMILES string of the molecule is COc1ccccc1OC(CCCO)C(=O)O. The van der Waals surface area contributed by atoms with Gasteiger partial charge >= 0.3 is 5.97 Å². The van der Waals surface area contributed by atoms with Gasteiger partial charge in [-0.25, -0.2) is 4.79 Å². The predicted molar refractivity (Wildman–Crippen MR) is 61.4 cm³/mol. The van der Waals surface area contributed by atoms with Gasteiger partial charge in [0.15, 0.2) is 17.6 Å². The third-order valence-corrected chi connectivity index (χ3v) is 2.24. The zero-order valence-corrected chi connectivity index (χ0v) is 9.63. The number of aliphatic carboxylic acids is 1. The molecule has 94 valence electrons. The van der Waals surface area contributed by atoms with E-state index in [9.17, 15) is 4.79 Å². The average Bonchev–Trinajstić information content (AvgIpc) is 2.34. The third kappa shape index (κ3) is 3.96. The van der Waals surface area contributed by atoms with Gasteiger partial charge in [0.2, 0.25) is 0 Å². The quantitative estimate of drug-likeness (QED) is 0.751. The van der Waals surface area contributed by atoms with Gasteiger partial charge in [-0.1, -0.05) is 12.1 Å². The summed E-state index contributed by atoms with van der Waals surface area (Å²) in [6.45, 7) is -0.0565.